The van der Waals surface area contributed by atoms with Gasteiger partial charge in [0.25, 0.3) is 0 Å². The summed E-state index contributed by atoms with van der Waals surface area (Å²) in [6.07, 6.45) is 5.38. The van der Waals surface area contributed by atoms with Crippen LogP contribution in [0.4, 0.5) is 5.82 Å². The summed E-state index contributed by atoms with van der Waals surface area (Å²) in [5, 5.41) is 18.3. The van der Waals surface area contributed by atoms with Crippen LogP contribution >= 0.6 is 0 Å². The highest BCUT2D eigenvalue weighted by molar-refractivity contribution is 5.51. The van der Waals surface area contributed by atoms with E-state index in [1.54, 1.807) is 10.8 Å². The van der Waals surface area contributed by atoms with E-state index in [1.807, 2.05) is 19.1 Å². The van der Waals surface area contributed by atoms with Gasteiger partial charge in [-0.2, -0.15) is 9.61 Å². The maximum absolute atomic E-state index is 10.7. The van der Waals surface area contributed by atoms with E-state index in [0.717, 1.165) is 42.7 Å². The Balaban J connectivity index is 1.73. The highest BCUT2D eigenvalue weighted by Crippen LogP contribution is 2.40. The summed E-state index contributed by atoms with van der Waals surface area (Å²) >= 11 is 0. The second-order valence-corrected chi connectivity index (χ2v) is 7.19. The molecule has 0 saturated heterocycles. The van der Waals surface area contributed by atoms with Crippen molar-refractivity contribution >= 4 is 11.5 Å². The van der Waals surface area contributed by atoms with Gasteiger partial charge in [-0.1, -0.05) is 13.8 Å². The van der Waals surface area contributed by atoms with E-state index < -0.39 is 5.60 Å². The maximum Gasteiger partial charge on any atom is 0.157 e. The van der Waals surface area contributed by atoms with E-state index in [-0.39, 0.29) is 0 Å². The molecule has 1 fully saturated rings. The molecule has 1 aliphatic carbocycles. The molecule has 0 unspecified atom stereocenters. The van der Waals surface area contributed by atoms with Crippen molar-refractivity contribution in [2.24, 2.45) is 5.41 Å². The van der Waals surface area contributed by atoms with Gasteiger partial charge >= 0.3 is 0 Å². The smallest absolute Gasteiger partial charge is 0.157 e. The fourth-order valence-electron chi connectivity index (χ4n) is 3.01. The zero-order chi connectivity index (χ0) is 15.1. The van der Waals surface area contributed by atoms with Gasteiger partial charge in [0, 0.05) is 6.54 Å². The first-order valence-electron chi connectivity index (χ1n) is 7.64. The number of nitrogens with zero attached hydrogens (tertiary/aromatic N) is 3. The predicted octanol–water partition coefficient (Wildman–Crippen LogP) is 2.78. The van der Waals surface area contributed by atoms with Gasteiger partial charge in [-0.3, -0.25) is 0 Å². The Bertz CT molecular complexity index is 637. The SMILES string of the molecule is Cc1cc(NCC2(O)CCC(C)(C)CC2)n2ncnc2c1. The predicted molar refractivity (Wildman–Crippen MR) is 83.4 cm³/mol. The zero-order valence-electron chi connectivity index (χ0n) is 13.1. The molecule has 0 amide bonds. The van der Waals surface area contributed by atoms with Gasteiger partial charge in [-0.05, 0) is 55.7 Å². The number of aryl methyl sites for hydroxylation is 1. The molecule has 0 bridgehead atoms. The van der Waals surface area contributed by atoms with Crippen LogP contribution in [0.3, 0.4) is 0 Å². The van der Waals surface area contributed by atoms with Gasteiger partial charge in [-0.15, -0.1) is 0 Å². The number of pyridine rings is 1. The number of aliphatic hydroxyl groups is 1. The topological polar surface area (TPSA) is 62.5 Å². The number of aromatic nitrogens is 3. The third-order valence-corrected chi connectivity index (χ3v) is 4.66. The monoisotopic (exact) mass is 288 g/mol. The van der Waals surface area contributed by atoms with E-state index in [2.05, 4.69) is 29.2 Å². The number of anilines is 1. The van der Waals surface area contributed by atoms with Gasteiger partial charge < -0.3 is 10.4 Å². The molecule has 5 nitrogen and oxygen atoms in total. The standard InChI is InChI=1S/C16H24N4O/c1-12-8-13(20-14(9-12)18-11-19-20)17-10-16(21)6-4-15(2,3)5-7-16/h8-9,11,17,21H,4-7,10H2,1-3H3. The first-order valence-corrected chi connectivity index (χ1v) is 7.64. The second-order valence-electron chi connectivity index (χ2n) is 7.19. The van der Waals surface area contributed by atoms with Gasteiger partial charge in [-0.25, -0.2) is 4.98 Å². The minimum Gasteiger partial charge on any atom is -0.388 e. The lowest BCUT2D eigenvalue weighted by Gasteiger charge is -2.40. The molecule has 0 spiro atoms. The molecule has 21 heavy (non-hydrogen) atoms. The third kappa shape index (κ3) is 3.02. The molecule has 2 heterocycles. The molecule has 0 radical (unpaired) electrons. The van der Waals surface area contributed by atoms with Gasteiger partial charge in [0.05, 0.1) is 5.60 Å². The highest BCUT2D eigenvalue weighted by atomic mass is 16.3. The van der Waals surface area contributed by atoms with Gasteiger partial charge in [0.15, 0.2) is 5.65 Å². The van der Waals surface area contributed by atoms with Crippen LogP contribution in [0, 0.1) is 12.3 Å². The van der Waals surface area contributed by atoms with Crippen molar-refractivity contribution in [3.05, 3.63) is 24.0 Å². The Kier molecular flexibility index (Phi) is 3.40. The minimum absolute atomic E-state index is 0.356. The van der Waals surface area contributed by atoms with E-state index >= 15 is 0 Å². The van der Waals surface area contributed by atoms with Crippen LogP contribution in [-0.2, 0) is 0 Å². The van der Waals surface area contributed by atoms with Crippen LogP contribution in [-0.4, -0.2) is 31.9 Å². The molecular formula is C16H24N4O. The van der Waals surface area contributed by atoms with E-state index in [0.29, 0.717) is 12.0 Å². The molecule has 0 aliphatic heterocycles. The zero-order valence-corrected chi connectivity index (χ0v) is 13.1. The summed E-state index contributed by atoms with van der Waals surface area (Å²) in [5.74, 6) is 0.890. The quantitative estimate of drug-likeness (QED) is 0.911. The highest BCUT2D eigenvalue weighted by Gasteiger charge is 2.36. The van der Waals surface area contributed by atoms with Crippen molar-refractivity contribution < 1.29 is 5.11 Å². The lowest BCUT2D eigenvalue weighted by atomic mass is 9.71. The van der Waals surface area contributed by atoms with Crippen molar-refractivity contribution in [2.75, 3.05) is 11.9 Å². The fourth-order valence-corrected chi connectivity index (χ4v) is 3.01. The lowest BCUT2D eigenvalue weighted by Crippen LogP contribution is -2.42. The summed E-state index contributed by atoms with van der Waals surface area (Å²) in [6, 6.07) is 4.04. The largest absolute Gasteiger partial charge is 0.388 e. The molecule has 2 N–H and O–H groups in total. The number of nitrogens with one attached hydrogen (secondary N) is 1. The first kappa shape index (κ1) is 14.3. The molecule has 5 heteroatoms. The molecule has 2 aromatic heterocycles. The van der Waals surface area contributed by atoms with E-state index in [9.17, 15) is 5.11 Å². The van der Waals surface area contributed by atoms with Crippen LogP contribution in [0.25, 0.3) is 5.65 Å². The van der Waals surface area contributed by atoms with Crippen molar-refractivity contribution in [1.29, 1.82) is 0 Å². The molecular weight excluding hydrogens is 264 g/mol. The molecule has 0 atom stereocenters. The Labute approximate surface area is 125 Å². The average Bonchev–Trinajstić information content (AvgIpc) is 2.88. The number of hydrogen-bond acceptors (Lipinski definition) is 4. The Morgan fingerprint density at radius 2 is 1.95 bits per heavy atom. The van der Waals surface area contributed by atoms with Crippen molar-refractivity contribution in [3.8, 4) is 0 Å². The summed E-state index contributed by atoms with van der Waals surface area (Å²) in [7, 11) is 0. The minimum atomic E-state index is -0.619. The van der Waals surface area contributed by atoms with Gasteiger partial charge in [0.1, 0.15) is 12.1 Å². The van der Waals surface area contributed by atoms with Crippen LogP contribution in [0.15, 0.2) is 18.5 Å². The Morgan fingerprint density at radius 3 is 2.67 bits per heavy atom. The Morgan fingerprint density at radius 1 is 1.24 bits per heavy atom. The molecule has 3 rings (SSSR count). The summed E-state index contributed by atoms with van der Waals surface area (Å²) in [4.78, 5) is 4.22. The van der Waals surface area contributed by atoms with Crippen molar-refractivity contribution in [3.63, 3.8) is 0 Å². The lowest BCUT2D eigenvalue weighted by molar-refractivity contribution is -0.0146. The van der Waals surface area contributed by atoms with Gasteiger partial charge in [0.2, 0.25) is 0 Å². The fraction of sp³-hybridized carbons (Fsp3) is 0.625. The van der Waals surface area contributed by atoms with Crippen molar-refractivity contribution in [2.45, 2.75) is 52.1 Å². The Hall–Kier alpha value is -1.62. The summed E-state index contributed by atoms with van der Waals surface area (Å²) in [5.41, 5.74) is 1.70. The average molecular weight is 288 g/mol. The second kappa shape index (κ2) is 4.98. The van der Waals surface area contributed by atoms with Crippen LogP contribution in [0.2, 0.25) is 0 Å². The molecule has 1 aliphatic rings. The van der Waals surface area contributed by atoms with Crippen LogP contribution in [0.1, 0.15) is 45.1 Å². The summed E-state index contributed by atoms with van der Waals surface area (Å²) in [6.45, 7) is 7.15. The summed E-state index contributed by atoms with van der Waals surface area (Å²) < 4.78 is 1.78. The normalized spacial score (nSPS) is 20.6. The van der Waals surface area contributed by atoms with Crippen molar-refractivity contribution in [1.82, 2.24) is 14.6 Å². The number of fused-ring (bicyclic) bond motifs is 1. The van der Waals surface area contributed by atoms with Crippen LogP contribution < -0.4 is 5.32 Å². The molecule has 0 aromatic carbocycles. The van der Waals surface area contributed by atoms with E-state index in [1.165, 1.54) is 0 Å². The number of hydrogen-bond donors (Lipinski definition) is 2. The third-order valence-electron chi connectivity index (χ3n) is 4.66. The molecule has 2 aromatic rings. The molecule has 1 saturated carbocycles. The molecule has 114 valence electrons. The number of rotatable bonds is 3. The van der Waals surface area contributed by atoms with E-state index in [4.69, 9.17) is 0 Å². The van der Waals surface area contributed by atoms with Crippen LogP contribution in [0.5, 0.6) is 0 Å². The maximum atomic E-state index is 10.7. The first-order chi connectivity index (χ1) is 9.87.